The number of nitrogens with zero attached hydrogens (tertiary/aromatic N) is 2. The van der Waals surface area contributed by atoms with Gasteiger partial charge in [-0.1, -0.05) is 30.3 Å². The smallest absolute Gasteiger partial charge is 0.338 e. The summed E-state index contributed by atoms with van der Waals surface area (Å²) in [5.74, 6) is -0.406. The van der Waals surface area contributed by atoms with E-state index in [9.17, 15) is 9.59 Å². The number of benzene rings is 1. The molecule has 2 aliphatic heterocycles. The van der Waals surface area contributed by atoms with Crippen LogP contribution in [0.2, 0.25) is 0 Å². The zero-order chi connectivity index (χ0) is 20.4. The third-order valence-corrected chi connectivity index (χ3v) is 5.61. The summed E-state index contributed by atoms with van der Waals surface area (Å²) in [6.07, 6.45) is 2.09. The van der Waals surface area contributed by atoms with Crippen LogP contribution in [0.1, 0.15) is 37.2 Å². The number of amides is 2. The molecule has 3 heterocycles. The van der Waals surface area contributed by atoms with Crippen LogP contribution >= 0.6 is 0 Å². The lowest BCUT2D eigenvalue weighted by atomic mass is 9.94. The van der Waals surface area contributed by atoms with Crippen LogP contribution in [0.15, 0.2) is 59.9 Å². The summed E-state index contributed by atoms with van der Waals surface area (Å²) in [5, 5.41) is 5.75. The summed E-state index contributed by atoms with van der Waals surface area (Å²) in [6.45, 7) is 6.39. The molecule has 0 saturated carbocycles. The number of aromatic nitrogens is 1. The minimum absolute atomic E-state index is 0.177. The van der Waals surface area contributed by atoms with E-state index >= 15 is 0 Å². The molecule has 0 saturated heterocycles. The molecule has 2 aromatic rings. The van der Waals surface area contributed by atoms with Gasteiger partial charge in [-0.05, 0) is 31.5 Å². The summed E-state index contributed by atoms with van der Waals surface area (Å²) in [6, 6.07) is 13.0. The number of carbonyl (C=O) groups is 2. The number of rotatable bonds is 5. The number of carbonyl (C=O) groups excluding carboxylic acids is 2. The molecule has 29 heavy (non-hydrogen) atoms. The molecule has 2 amide bonds. The summed E-state index contributed by atoms with van der Waals surface area (Å²) < 4.78 is 7.59. The molecule has 0 aliphatic carbocycles. The van der Waals surface area contributed by atoms with Gasteiger partial charge in [-0.3, -0.25) is 4.90 Å². The van der Waals surface area contributed by atoms with Gasteiger partial charge < -0.3 is 19.9 Å². The van der Waals surface area contributed by atoms with Gasteiger partial charge in [-0.25, -0.2) is 9.59 Å². The normalized spacial score (nSPS) is 21.9. The maximum Gasteiger partial charge on any atom is 0.338 e. The lowest BCUT2D eigenvalue weighted by molar-refractivity contribution is -0.139. The van der Waals surface area contributed by atoms with E-state index in [-0.39, 0.29) is 18.7 Å². The number of fused-ring (bicyclic) bond motifs is 1. The Morgan fingerprint density at radius 2 is 1.97 bits per heavy atom. The average Bonchev–Trinajstić information content (AvgIpc) is 3.20. The van der Waals surface area contributed by atoms with Crippen molar-refractivity contribution in [1.82, 2.24) is 20.1 Å². The minimum Gasteiger partial charge on any atom is -0.463 e. The molecular formula is C22H26N4O3. The molecular weight excluding hydrogens is 368 g/mol. The number of urea groups is 1. The van der Waals surface area contributed by atoms with Gasteiger partial charge in [-0.2, -0.15) is 0 Å². The maximum atomic E-state index is 12.9. The van der Waals surface area contributed by atoms with Crippen LogP contribution in [0.3, 0.4) is 0 Å². The Morgan fingerprint density at radius 3 is 2.72 bits per heavy atom. The topological polar surface area (TPSA) is 75.6 Å². The second kappa shape index (κ2) is 8.13. The van der Waals surface area contributed by atoms with E-state index < -0.39 is 12.0 Å². The standard InChI is InChI=1S/C22H26N4O3/c1-3-29-21(27)19-17(14-26-13-12-25-11-7-10-18(25)15(26)2)23-22(28)24-20(19)16-8-5-4-6-9-16/h4-11,15,20H,3,12-14H2,1-2H3,(H2,23,24,28). The molecule has 0 fully saturated rings. The molecule has 2 aliphatic rings. The molecule has 2 atom stereocenters. The molecule has 0 spiro atoms. The molecule has 7 heteroatoms. The van der Waals surface area contributed by atoms with Gasteiger partial charge in [0, 0.05) is 43.3 Å². The van der Waals surface area contributed by atoms with Crippen molar-refractivity contribution in [2.24, 2.45) is 0 Å². The number of esters is 1. The molecule has 4 rings (SSSR count). The fourth-order valence-corrected chi connectivity index (χ4v) is 4.13. The zero-order valence-electron chi connectivity index (χ0n) is 16.7. The first kappa shape index (κ1) is 19.3. The molecule has 0 bridgehead atoms. The summed E-state index contributed by atoms with van der Waals surface area (Å²) >= 11 is 0. The highest BCUT2D eigenvalue weighted by Crippen LogP contribution is 2.31. The highest BCUT2D eigenvalue weighted by molar-refractivity contribution is 5.95. The van der Waals surface area contributed by atoms with Crippen LogP contribution in [0.25, 0.3) is 0 Å². The maximum absolute atomic E-state index is 12.9. The van der Waals surface area contributed by atoms with Gasteiger partial charge in [-0.15, -0.1) is 0 Å². The molecule has 2 N–H and O–H groups in total. The Balaban J connectivity index is 1.70. The Labute approximate surface area is 170 Å². The first-order valence-electron chi connectivity index (χ1n) is 10.00. The van der Waals surface area contributed by atoms with Gasteiger partial charge in [0.25, 0.3) is 0 Å². The van der Waals surface area contributed by atoms with Crippen LogP contribution < -0.4 is 10.6 Å². The summed E-state index contributed by atoms with van der Waals surface area (Å²) in [4.78, 5) is 27.6. The van der Waals surface area contributed by atoms with Crippen molar-refractivity contribution < 1.29 is 14.3 Å². The van der Waals surface area contributed by atoms with Gasteiger partial charge in [0.05, 0.1) is 18.2 Å². The van der Waals surface area contributed by atoms with Crippen LogP contribution in [0.4, 0.5) is 4.79 Å². The Kier molecular flexibility index (Phi) is 5.40. The van der Waals surface area contributed by atoms with Gasteiger partial charge in [0.15, 0.2) is 0 Å². The fourth-order valence-electron chi connectivity index (χ4n) is 4.13. The van der Waals surface area contributed by atoms with Crippen molar-refractivity contribution in [2.75, 3.05) is 19.7 Å². The van der Waals surface area contributed by atoms with Crippen molar-refractivity contribution in [3.63, 3.8) is 0 Å². The molecule has 1 aromatic carbocycles. The second-order valence-electron chi connectivity index (χ2n) is 7.33. The third-order valence-electron chi connectivity index (χ3n) is 5.61. The van der Waals surface area contributed by atoms with Crippen molar-refractivity contribution in [3.8, 4) is 0 Å². The Hall–Kier alpha value is -3.06. The molecule has 7 nitrogen and oxygen atoms in total. The van der Waals surface area contributed by atoms with E-state index in [0.29, 0.717) is 17.8 Å². The second-order valence-corrected chi connectivity index (χ2v) is 7.33. The minimum atomic E-state index is -0.539. The molecule has 152 valence electrons. The van der Waals surface area contributed by atoms with Crippen LogP contribution in [-0.4, -0.2) is 41.2 Å². The number of ether oxygens (including phenoxy) is 1. The zero-order valence-corrected chi connectivity index (χ0v) is 16.7. The van der Waals surface area contributed by atoms with E-state index in [2.05, 4.69) is 45.4 Å². The quantitative estimate of drug-likeness (QED) is 0.765. The lowest BCUT2D eigenvalue weighted by Gasteiger charge is -2.37. The highest BCUT2D eigenvalue weighted by atomic mass is 16.5. The fraction of sp³-hybridized carbons (Fsp3) is 0.364. The predicted octanol–water partition coefficient (Wildman–Crippen LogP) is 2.74. The summed E-state index contributed by atoms with van der Waals surface area (Å²) in [7, 11) is 0. The van der Waals surface area contributed by atoms with Gasteiger partial charge in [0.2, 0.25) is 0 Å². The number of hydrogen-bond acceptors (Lipinski definition) is 4. The van der Waals surface area contributed by atoms with Crippen LogP contribution in [0.5, 0.6) is 0 Å². The first-order valence-corrected chi connectivity index (χ1v) is 10.00. The Morgan fingerprint density at radius 1 is 1.17 bits per heavy atom. The molecule has 2 unspecified atom stereocenters. The van der Waals surface area contributed by atoms with Crippen molar-refractivity contribution >= 4 is 12.0 Å². The van der Waals surface area contributed by atoms with Gasteiger partial charge >= 0.3 is 12.0 Å². The lowest BCUT2D eigenvalue weighted by Crippen LogP contribution is -2.49. The Bertz CT molecular complexity index is 935. The van der Waals surface area contributed by atoms with Crippen LogP contribution in [0, 0.1) is 0 Å². The van der Waals surface area contributed by atoms with E-state index in [1.165, 1.54) is 5.69 Å². The highest BCUT2D eigenvalue weighted by Gasteiger charge is 2.35. The van der Waals surface area contributed by atoms with Crippen molar-refractivity contribution in [2.45, 2.75) is 32.5 Å². The monoisotopic (exact) mass is 394 g/mol. The van der Waals surface area contributed by atoms with Crippen molar-refractivity contribution in [3.05, 3.63) is 71.2 Å². The molecule has 0 radical (unpaired) electrons. The third kappa shape index (κ3) is 3.78. The average molecular weight is 394 g/mol. The van der Waals surface area contributed by atoms with E-state index in [0.717, 1.165) is 18.7 Å². The van der Waals surface area contributed by atoms with E-state index in [1.807, 2.05) is 30.3 Å². The van der Waals surface area contributed by atoms with E-state index in [4.69, 9.17) is 4.74 Å². The van der Waals surface area contributed by atoms with Crippen molar-refractivity contribution in [1.29, 1.82) is 0 Å². The first-order chi connectivity index (χ1) is 14.1. The largest absolute Gasteiger partial charge is 0.463 e. The number of hydrogen-bond donors (Lipinski definition) is 2. The summed E-state index contributed by atoms with van der Waals surface area (Å²) in [5.41, 5.74) is 3.15. The van der Waals surface area contributed by atoms with Gasteiger partial charge in [0.1, 0.15) is 0 Å². The predicted molar refractivity (Wildman–Crippen MR) is 109 cm³/mol. The number of nitrogens with one attached hydrogen (secondary N) is 2. The van der Waals surface area contributed by atoms with E-state index in [1.54, 1.807) is 6.92 Å². The SMILES string of the molecule is CCOC(=O)C1=C(CN2CCn3cccc3C2C)NC(=O)NC1c1ccccc1. The molecule has 1 aromatic heterocycles. The van der Waals surface area contributed by atoms with Crippen LogP contribution in [-0.2, 0) is 16.1 Å².